The highest BCUT2D eigenvalue weighted by molar-refractivity contribution is 9.12. The molecule has 2 nitrogen and oxygen atoms in total. The molecule has 0 spiro atoms. The first kappa shape index (κ1) is 8.41. The van der Waals surface area contributed by atoms with E-state index in [1.54, 1.807) is 6.07 Å². The number of alkyl halides is 2. The first-order valence-corrected chi connectivity index (χ1v) is 4.03. The van der Waals surface area contributed by atoms with E-state index in [1.165, 1.54) is 0 Å². The predicted molar refractivity (Wildman–Crippen MR) is 38.1 cm³/mol. The molecule has 0 bridgehead atoms. The maximum absolute atomic E-state index is 8.69. The van der Waals surface area contributed by atoms with Crippen molar-refractivity contribution in [3.63, 3.8) is 0 Å². The third kappa shape index (κ3) is 2.65. The Labute approximate surface area is 64.8 Å². The minimum Gasteiger partial charge on any atom is -0.377 e. The van der Waals surface area contributed by atoms with Crippen molar-refractivity contribution >= 4 is 31.9 Å². The number of rotatable bonds is 2. The Morgan fingerprint density at radius 3 is 2.38 bits per heavy atom. The number of hydrogen-bond donors (Lipinski definition) is 1. The summed E-state index contributed by atoms with van der Waals surface area (Å²) in [7, 11) is 0. The third-order valence-corrected chi connectivity index (χ3v) is 3.01. The van der Waals surface area contributed by atoms with Gasteiger partial charge in [0.1, 0.15) is 0 Å². The number of nitrogens with zero attached hydrogens (tertiary/aromatic N) is 1. The van der Waals surface area contributed by atoms with Crippen LogP contribution in [0.25, 0.3) is 0 Å². The summed E-state index contributed by atoms with van der Waals surface area (Å²) in [5.41, 5.74) is 0. The highest BCUT2D eigenvalue weighted by Gasteiger charge is 2.11. The molecule has 2 atom stereocenters. The Balaban J connectivity index is 3.49. The van der Waals surface area contributed by atoms with Gasteiger partial charge in [0.15, 0.2) is 6.10 Å². The lowest BCUT2D eigenvalue weighted by molar-refractivity contribution is 0.235. The zero-order chi connectivity index (χ0) is 6.57. The van der Waals surface area contributed by atoms with E-state index in [1.807, 2.05) is 0 Å². The van der Waals surface area contributed by atoms with Gasteiger partial charge < -0.3 is 5.11 Å². The van der Waals surface area contributed by atoms with Gasteiger partial charge in [-0.25, -0.2) is 0 Å². The van der Waals surface area contributed by atoms with Crippen molar-refractivity contribution in [2.45, 2.75) is 10.9 Å². The highest BCUT2D eigenvalue weighted by atomic mass is 79.9. The normalized spacial score (nSPS) is 16.8. The van der Waals surface area contributed by atoms with E-state index < -0.39 is 6.10 Å². The van der Waals surface area contributed by atoms with E-state index in [4.69, 9.17) is 10.4 Å². The molecular weight excluding hydrogens is 238 g/mol. The largest absolute Gasteiger partial charge is 0.377 e. The van der Waals surface area contributed by atoms with Crippen molar-refractivity contribution < 1.29 is 5.11 Å². The fourth-order valence-corrected chi connectivity index (χ4v) is 0.638. The number of aliphatic hydroxyl groups excluding tert-OH is 1. The van der Waals surface area contributed by atoms with E-state index in [0.717, 1.165) is 0 Å². The SMILES string of the molecule is N#C[C@H](O)[C@@H](Br)CBr. The summed E-state index contributed by atoms with van der Waals surface area (Å²) >= 11 is 6.18. The van der Waals surface area contributed by atoms with Crippen molar-refractivity contribution in [2.75, 3.05) is 5.33 Å². The van der Waals surface area contributed by atoms with Gasteiger partial charge >= 0.3 is 0 Å². The van der Waals surface area contributed by atoms with E-state index in [9.17, 15) is 0 Å². The smallest absolute Gasteiger partial charge is 0.153 e. The molecule has 0 aromatic heterocycles. The van der Waals surface area contributed by atoms with E-state index in [-0.39, 0.29) is 4.83 Å². The molecule has 8 heavy (non-hydrogen) atoms. The second-order valence-electron chi connectivity index (χ2n) is 1.24. The molecule has 0 aliphatic rings. The summed E-state index contributed by atoms with van der Waals surface area (Å²) in [5, 5.41) is 17.4. The van der Waals surface area contributed by atoms with Crippen LogP contribution in [0.2, 0.25) is 0 Å². The van der Waals surface area contributed by atoms with Crippen LogP contribution in [0.3, 0.4) is 0 Å². The molecule has 0 amide bonds. The maximum Gasteiger partial charge on any atom is 0.153 e. The Bertz CT molecular complexity index is 101. The van der Waals surface area contributed by atoms with Crippen LogP contribution in [-0.2, 0) is 0 Å². The molecule has 46 valence electrons. The molecule has 4 heteroatoms. The van der Waals surface area contributed by atoms with Gasteiger partial charge in [-0.15, -0.1) is 0 Å². The average Bonchev–Trinajstić information content (AvgIpc) is 1.84. The van der Waals surface area contributed by atoms with Crippen molar-refractivity contribution in [1.29, 1.82) is 5.26 Å². The van der Waals surface area contributed by atoms with Crippen LogP contribution in [0.5, 0.6) is 0 Å². The molecule has 0 heterocycles. The van der Waals surface area contributed by atoms with Crippen molar-refractivity contribution in [3.8, 4) is 6.07 Å². The molecule has 0 aromatic carbocycles. The van der Waals surface area contributed by atoms with Crippen LogP contribution in [-0.4, -0.2) is 21.4 Å². The molecule has 0 fully saturated rings. The molecule has 0 aliphatic carbocycles. The molecule has 0 saturated heterocycles. The average molecular weight is 243 g/mol. The van der Waals surface area contributed by atoms with Gasteiger partial charge in [0.25, 0.3) is 0 Å². The van der Waals surface area contributed by atoms with Gasteiger partial charge in [-0.3, -0.25) is 0 Å². The Hall–Kier alpha value is 0.410. The van der Waals surface area contributed by atoms with Crippen LogP contribution in [0, 0.1) is 11.3 Å². The van der Waals surface area contributed by atoms with Gasteiger partial charge in [0.05, 0.1) is 10.9 Å². The summed E-state index contributed by atoms with van der Waals surface area (Å²) in [6, 6.07) is 1.69. The van der Waals surface area contributed by atoms with Crippen LogP contribution in [0.15, 0.2) is 0 Å². The second kappa shape index (κ2) is 4.30. The van der Waals surface area contributed by atoms with Gasteiger partial charge in [-0.1, -0.05) is 31.9 Å². The lowest BCUT2D eigenvalue weighted by Gasteiger charge is -2.03. The highest BCUT2D eigenvalue weighted by Crippen LogP contribution is 2.07. The molecule has 0 radical (unpaired) electrons. The molecule has 0 saturated carbocycles. The second-order valence-corrected chi connectivity index (χ2v) is 3.07. The summed E-state index contributed by atoms with van der Waals surface area (Å²) in [6.07, 6.45) is -0.908. The maximum atomic E-state index is 8.69. The van der Waals surface area contributed by atoms with Crippen molar-refractivity contribution in [3.05, 3.63) is 0 Å². The third-order valence-electron chi connectivity index (χ3n) is 0.622. The lowest BCUT2D eigenvalue weighted by Crippen LogP contribution is -2.18. The van der Waals surface area contributed by atoms with Gasteiger partial charge in [0.2, 0.25) is 0 Å². The van der Waals surface area contributed by atoms with Crippen LogP contribution >= 0.6 is 31.9 Å². The lowest BCUT2D eigenvalue weighted by atomic mass is 10.3. The molecule has 0 aliphatic heterocycles. The van der Waals surface area contributed by atoms with Crippen LogP contribution < -0.4 is 0 Å². The fraction of sp³-hybridized carbons (Fsp3) is 0.750. The first-order valence-electron chi connectivity index (χ1n) is 2.00. The minimum absolute atomic E-state index is 0.160. The summed E-state index contributed by atoms with van der Waals surface area (Å²) in [5.74, 6) is 0. The van der Waals surface area contributed by atoms with Gasteiger partial charge in [-0.2, -0.15) is 5.26 Å². The van der Waals surface area contributed by atoms with Crippen LogP contribution in [0.4, 0.5) is 0 Å². The van der Waals surface area contributed by atoms with Crippen molar-refractivity contribution in [1.82, 2.24) is 0 Å². The summed E-state index contributed by atoms with van der Waals surface area (Å²) in [4.78, 5) is -0.160. The Morgan fingerprint density at radius 1 is 1.75 bits per heavy atom. The monoisotopic (exact) mass is 241 g/mol. The Morgan fingerprint density at radius 2 is 2.25 bits per heavy atom. The van der Waals surface area contributed by atoms with Gasteiger partial charge in [-0.05, 0) is 0 Å². The predicted octanol–water partition coefficient (Wildman–Crippen LogP) is 1.03. The molecule has 0 rings (SSSR count). The molecule has 1 N–H and O–H groups in total. The number of halogens is 2. The minimum atomic E-state index is -0.908. The zero-order valence-electron chi connectivity index (χ0n) is 4.01. The molecular formula is C4H5Br2NO. The van der Waals surface area contributed by atoms with E-state index in [2.05, 4.69) is 31.9 Å². The topological polar surface area (TPSA) is 44.0 Å². The molecule has 0 unspecified atom stereocenters. The standard InChI is InChI=1S/C4H5Br2NO/c5-1-3(6)4(8)2-7/h3-4,8H,1H2/t3-,4-/m0/s1. The first-order chi connectivity index (χ1) is 3.72. The van der Waals surface area contributed by atoms with Gasteiger partial charge in [0, 0.05) is 5.33 Å². The fourth-order valence-electron chi connectivity index (χ4n) is 0.165. The quantitative estimate of drug-likeness (QED) is 0.581. The van der Waals surface area contributed by atoms with Crippen LogP contribution in [0.1, 0.15) is 0 Å². The van der Waals surface area contributed by atoms with E-state index in [0.29, 0.717) is 5.33 Å². The number of aliphatic hydroxyl groups is 1. The van der Waals surface area contributed by atoms with Crippen molar-refractivity contribution in [2.24, 2.45) is 0 Å². The zero-order valence-corrected chi connectivity index (χ0v) is 7.18. The Kier molecular flexibility index (Phi) is 4.53. The summed E-state index contributed by atoms with van der Waals surface area (Å²) in [6.45, 7) is 0. The summed E-state index contributed by atoms with van der Waals surface area (Å²) < 4.78 is 0. The number of hydrogen-bond acceptors (Lipinski definition) is 2. The number of nitriles is 1. The molecule has 0 aromatic rings. The van der Waals surface area contributed by atoms with E-state index >= 15 is 0 Å².